The Kier molecular flexibility index (Phi) is 3.74. The molecule has 4 heteroatoms. The van der Waals surface area contributed by atoms with Crippen molar-refractivity contribution in [3.05, 3.63) is 35.6 Å². The molecule has 0 unspecified atom stereocenters. The second-order valence-corrected chi connectivity index (χ2v) is 4.41. The van der Waals surface area contributed by atoms with Crippen molar-refractivity contribution < 1.29 is 13.9 Å². The van der Waals surface area contributed by atoms with E-state index in [0.29, 0.717) is 0 Å². The fourth-order valence-electron chi connectivity index (χ4n) is 2.06. The molecule has 0 saturated carbocycles. The van der Waals surface area contributed by atoms with Crippen LogP contribution in [0.4, 0.5) is 4.39 Å². The van der Waals surface area contributed by atoms with Gasteiger partial charge < -0.3 is 9.64 Å². The zero-order valence-corrected chi connectivity index (χ0v) is 9.86. The van der Waals surface area contributed by atoms with E-state index >= 15 is 0 Å². The normalized spacial score (nSPS) is 21.2. The molecule has 17 heavy (non-hydrogen) atoms. The Hall–Kier alpha value is -1.42. The highest BCUT2D eigenvalue weighted by molar-refractivity contribution is 5.89. The molecule has 0 aliphatic carbocycles. The lowest BCUT2D eigenvalue weighted by Gasteiger charge is -2.29. The maximum absolute atomic E-state index is 13.4. The zero-order chi connectivity index (χ0) is 12.3. The summed E-state index contributed by atoms with van der Waals surface area (Å²) in [6.45, 7) is 1.74. The van der Waals surface area contributed by atoms with Crippen molar-refractivity contribution in [1.29, 1.82) is 0 Å². The van der Waals surface area contributed by atoms with Gasteiger partial charge in [0.1, 0.15) is 11.9 Å². The summed E-state index contributed by atoms with van der Waals surface area (Å²) in [5.41, 5.74) is 0.0146. The highest BCUT2D eigenvalue weighted by Gasteiger charge is 2.22. The Labute approximate surface area is 100 Å². The first kappa shape index (κ1) is 12.0. The first-order chi connectivity index (χ1) is 8.16. The quantitative estimate of drug-likeness (QED) is 0.737. The van der Waals surface area contributed by atoms with Crippen molar-refractivity contribution in [2.45, 2.75) is 18.9 Å². The zero-order valence-electron chi connectivity index (χ0n) is 9.86. The van der Waals surface area contributed by atoms with Crippen LogP contribution in [-0.2, 0) is 4.74 Å². The minimum absolute atomic E-state index is 0.0146. The van der Waals surface area contributed by atoms with Crippen LogP contribution in [0.3, 0.4) is 0 Å². The molecular weight excluding hydrogens is 221 g/mol. The van der Waals surface area contributed by atoms with E-state index in [1.807, 2.05) is 7.05 Å². The standard InChI is InChI=1S/C13H16FNO2/c1-15-8-4-5-10(9-15)17-13(16)11-6-2-3-7-12(11)14/h2-3,6-7,10H,4-5,8-9H2,1H3/t10-/m1/s1. The topological polar surface area (TPSA) is 29.5 Å². The SMILES string of the molecule is CN1CCC[C@@H](OC(=O)c2ccccc2F)C1. The number of carbonyl (C=O) groups is 1. The van der Waals surface area contributed by atoms with Crippen LogP contribution in [0.15, 0.2) is 24.3 Å². The molecule has 3 nitrogen and oxygen atoms in total. The summed E-state index contributed by atoms with van der Waals surface area (Å²) in [6, 6.07) is 5.90. The predicted octanol–water partition coefficient (Wildman–Crippen LogP) is 2.08. The summed E-state index contributed by atoms with van der Waals surface area (Å²) in [7, 11) is 1.99. The van der Waals surface area contributed by atoms with Gasteiger partial charge in [0, 0.05) is 6.54 Å². The van der Waals surface area contributed by atoms with Crippen LogP contribution < -0.4 is 0 Å². The van der Waals surface area contributed by atoms with Crippen molar-refractivity contribution in [3.63, 3.8) is 0 Å². The van der Waals surface area contributed by atoms with E-state index in [1.165, 1.54) is 12.1 Å². The van der Waals surface area contributed by atoms with Gasteiger partial charge >= 0.3 is 5.97 Å². The number of likely N-dealkylation sites (N-methyl/N-ethyl adjacent to an activating group) is 1. The first-order valence-electron chi connectivity index (χ1n) is 5.81. The smallest absolute Gasteiger partial charge is 0.341 e. The maximum Gasteiger partial charge on any atom is 0.341 e. The molecule has 1 aromatic rings. The molecule has 92 valence electrons. The first-order valence-corrected chi connectivity index (χ1v) is 5.81. The number of hydrogen-bond acceptors (Lipinski definition) is 3. The number of halogens is 1. The third-order valence-electron chi connectivity index (χ3n) is 2.95. The van der Waals surface area contributed by atoms with Gasteiger partial charge in [-0.2, -0.15) is 0 Å². The van der Waals surface area contributed by atoms with Crippen LogP contribution in [-0.4, -0.2) is 37.1 Å². The van der Waals surface area contributed by atoms with Crippen LogP contribution in [0.2, 0.25) is 0 Å². The van der Waals surface area contributed by atoms with Crippen LogP contribution in [0.5, 0.6) is 0 Å². The van der Waals surface area contributed by atoms with Gasteiger partial charge in [0.25, 0.3) is 0 Å². The fourth-order valence-corrected chi connectivity index (χ4v) is 2.06. The van der Waals surface area contributed by atoms with Gasteiger partial charge in [-0.3, -0.25) is 0 Å². The number of rotatable bonds is 2. The van der Waals surface area contributed by atoms with Gasteiger partial charge in [-0.05, 0) is 38.6 Å². The predicted molar refractivity (Wildman–Crippen MR) is 62.3 cm³/mol. The molecule has 0 amide bonds. The molecule has 0 aromatic heterocycles. The average Bonchev–Trinajstić information content (AvgIpc) is 2.29. The Morgan fingerprint density at radius 1 is 1.47 bits per heavy atom. The Morgan fingerprint density at radius 3 is 2.94 bits per heavy atom. The molecule has 1 fully saturated rings. The summed E-state index contributed by atoms with van der Waals surface area (Å²) < 4.78 is 18.7. The van der Waals surface area contributed by atoms with Gasteiger partial charge in [0.05, 0.1) is 5.56 Å². The molecule has 0 radical (unpaired) electrons. The monoisotopic (exact) mass is 237 g/mol. The summed E-state index contributed by atoms with van der Waals surface area (Å²) >= 11 is 0. The second-order valence-electron chi connectivity index (χ2n) is 4.41. The minimum Gasteiger partial charge on any atom is -0.457 e. The third kappa shape index (κ3) is 3.03. The molecule has 1 saturated heterocycles. The summed E-state index contributed by atoms with van der Waals surface area (Å²) in [5.74, 6) is -1.09. The van der Waals surface area contributed by atoms with Crippen molar-refractivity contribution in [1.82, 2.24) is 4.90 Å². The number of benzene rings is 1. The molecule has 1 aromatic carbocycles. The average molecular weight is 237 g/mol. The molecule has 0 bridgehead atoms. The van der Waals surface area contributed by atoms with Crippen LogP contribution in [0, 0.1) is 5.82 Å². The largest absolute Gasteiger partial charge is 0.457 e. The maximum atomic E-state index is 13.4. The van der Waals surface area contributed by atoms with E-state index < -0.39 is 11.8 Å². The molecule has 1 aliphatic rings. The van der Waals surface area contributed by atoms with Gasteiger partial charge in [-0.15, -0.1) is 0 Å². The van der Waals surface area contributed by atoms with Crippen molar-refractivity contribution >= 4 is 5.97 Å². The van der Waals surface area contributed by atoms with E-state index in [2.05, 4.69) is 4.90 Å². The van der Waals surface area contributed by atoms with Crippen LogP contribution in [0.1, 0.15) is 23.2 Å². The van der Waals surface area contributed by atoms with Gasteiger partial charge in [-0.25, -0.2) is 9.18 Å². The highest BCUT2D eigenvalue weighted by Crippen LogP contribution is 2.15. The Balaban J connectivity index is 1.99. The van der Waals surface area contributed by atoms with E-state index in [0.717, 1.165) is 25.9 Å². The number of hydrogen-bond donors (Lipinski definition) is 0. The van der Waals surface area contributed by atoms with E-state index in [4.69, 9.17) is 4.74 Å². The van der Waals surface area contributed by atoms with Gasteiger partial charge in [0.15, 0.2) is 0 Å². The number of esters is 1. The minimum atomic E-state index is -0.566. The number of likely N-dealkylation sites (tertiary alicyclic amines) is 1. The van der Waals surface area contributed by atoms with Crippen molar-refractivity contribution in [2.75, 3.05) is 20.1 Å². The number of piperidine rings is 1. The lowest BCUT2D eigenvalue weighted by molar-refractivity contribution is 0.0104. The number of ether oxygens (including phenoxy) is 1. The fraction of sp³-hybridized carbons (Fsp3) is 0.462. The number of nitrogens with zero attached hydrogens (tertiary/aromatic N) is 1. The summed E-state index contributed by atoms with van der Waals surface area (Å²) in [5, 5.41) is 0. The number of carbonyl (C=O) groups excluding carboxylic acids is 1. The summed E-state index contributed by atoms with van der Waals surface area (Å²) in [4.78, 5) is 13.9. The Bertz CT molecular complexity index is 408. The molecule has 0 spiro atoms. The molecule has 0 N–H and O–H groups in total. The van der Waals surface area contributed by atoms with E-state index in [9.17, 15) is 9.18 Å². The van der Waals surface area contributed by atoms with E-state index in [1.54, 1.807) is 12.1 Å². The second kappa shape index (κ2) is 5.27. The van der Waals surface area contributed by atoms with Crippen LogP contribution >= 0.6 is 0 Å². The Morgan fingerprint density at radius 2 is 2.24 bits per heavy atom. The summed E-state index contributed by atoms with van der Waals surface area (Å²) in [6.07, 6.45) is 1.73. The van der Waals surface area contributed by atoms with E-state index in [-0.39, 0.29) is 11.7 Å². The molecule has 1 atom stereocenters. The van der Waals surface area contributed by atoms with Crippen LogP contribution in [0.25, 0.3) is 0 Å². The van der Waals surface area contributed by atoms with Gasteiger partial charge in [0.2, 0.25) is 0 Å². The molecule has 1 aliphatic heterocycles. The third-order valence-corrected chi connectivity index (χ3v) is 2.95. The van der Waals surface area contributed by atoms with Crippen molar-refractivity contribution in [3.8, 4) is 0 Å². The lowest BCUT2D eigenvalue weighted by Crippen LogP contribution is -2.38. The molecular formula is C13H16FNO2. The molecule has 1 heterocycles. The lowest BCUT2D eigenvalue weighted by atomic mass is 10.1. The highest BCUT2D eigenvalue weighted by atomic mass is 19.1. The van der Waals surface area contributed by atoms with Gasteiger partial charge in [-0.1, -0.05) is 12.1 Å². The van der Waals surface area contributed by atoms with Crippen molar-refractivity contribution in [2.24, 2.45) is 0 Å². The molecule has 2 rings (SSSR count).